The lowest BCUT2D eigenvalue weighted by Crippen LogP contribution is -1.97. The number of rotatable bonds is 4. The summed E-state index contributed by atoms with van der Waals surface area (Å²) in [5.41, 5.74) is 2.64. The van der Waals surface area contributed by atoms with Crippen molar-refractivity contribution in [1.82, 2.24) is 4.98 Å². The fourth-order valence-corrected chi connectivity index (χ4v) is 2.12. The molecule has 0 saturated carbocycles. The number of carbonyl (C=O) groups excluding carboxylic acids is 1. The lowest BCUT2D eigenvalue weighted by molar-refractivity contribution is 0.112. The van der Waals surface area contributed by atoms with Gasteiger partial charge in [0.15, 0.2) is 0 Å². The first-order valence-corrected chi connectivity index (χ1v) is 6.37. The van der Waals surface area contributed by atoms with Crippen molar-refractivity contribution in [3.8, 4) is 5.75 Å². The zero-order valence-corrected chi connectivity index (χ0v) is 10.8. The third-order valence-electron chi connectivity index (χ3n) is 3.13. The fourth-order valence-electron chi connectivity index (χ4n) is 2.12. The number of pyridine rings is 1. The maximum atomic E-state index is 10.7. The van der Waals surface area contributed by atoms with Crippen LogP contribution in [0.2, 0.25) is 0 Å². The smallest absolute Gasteiger partial charge is 0.150 e. The summed E-state index contributed by atoms with van der Waals surface area (Å²) in [6, 6.07) is 17.0. The number of carbonyl (C=O) groups is 1. The summed E-state index contributed by atoms with van der Waals surface area (Å²) in [6.07, 6.45) is 2.59. The molecule has 0 N–H and O–H groups in total. The molecule has 0 aliphatic heterocycles. The van der Waals surface area contributed by atoms with Crippen LogP contribution in [0.15, 0.2) is 60.8 Å². The highest BCUT2D eigenvalue weighted by molar-refractivity contribution is 5.81. The Hall–Kier alpha value is -2.68. The van der Waals surface area contributed by atoms with Gasteiger partial charge in [0.05, 0.1) is 5.52 Å². The van der Waals surface area contributed by atoms with Gasteiger partial charge in [-0.1, -0.05) is 30.3 Å². The zero-order chi connectivity index (χ0) is 13.8. The molecule has 0 saturated heterocycles. The van der Waals surface area contributed by atoms with Crippen LogP contribution in [0.25, 0.3) is 10.9 Å². The molecule has 3 heteroatoms. The number of hydrogen-bond donors (Lipinski definition) is 0. The summed E-state index contributed by atoms with van der Waals surface area (Å²) in [4.78, 5) is 15.1. The Morgan fingerprint density at radius 3 is 2.85 bits per heavy atom. The van der Waals surface area contributed by atoms with Gasteiger partial charge in [-0.05, 0) is 24.3 Å². The highest BCUT2D eigenvalue weighted by Gasteiger charge is 2.02. The van der Waals surface area contributed by atoms with Crippen molar-refractivity contribution in [2.24, 2.45) is 0 Å². The molecular weight excluding hydrogens is 250 g/mol. The van der Waals surface area contributed by atoms with Crippen LogP contribution in [0.5, 0.6) is 5.75 Å². The average Bonchev–Trinajstić information content (AvgIpc) is 2.53. The van der Waals surface area contributed by atoms with Gasteiger partial charge in [0.2, 0.25) is 0 Å². The minimum absolute atomic E-state index is 0.450. The van der Waals surface area contributed by atoms with Gasteiger partial charge in [0, 0.05) is 22.7 Å². The number of benzene rings is 2. The number of aldehydes is 1. The molecule has 0 radical (unpaired) electrons. The van der Waals surface area contributed by atoms with E-state index in [0.29, 0.717) is 17.9 Å². The van der Waals surface area contributed by atoms with Gasteiger partial charge in [-0.2, -0.15) is 0 Å². The molecule has 0 amide bonds. The molecule has 0 aliphatic rings. The monoisotopic (exact) mass is 263 g/mol. The van der Waals surface area contributed by atoms with E-state index in [2.05, 4.69) is 4.98 Å². The number of hydrogen-bond acceptors (Lipinski definition) is 3. The summed E-state index contributed by atoms with van der Waals surface area (Å²) < 4.78 is 5.76. The van der Waals surface area contributed by atoms with Crippen molar-refractivity contribution in [2.75, 3.05) is 0 Å². The van der Waals surface area contributed by atoms with Crippen LogP contribution in [0, 0.1) is 0 Å². The molecule has 1 aromatic heterocycles. The lowest BCUT2D eigenvalue weighted by Gasteiger charge is -2.09. The van der Waals surface area contributed by atoms with E-state index in [0.717, 1.165) is 22.8 Å². The van der Waals surface area contributed by atoms with E-state index in [1.165, 1.54) is 0 Å². The molecule has 3 nitrogen and oxygen atoms in total. The van der Waals surface area contributed by atoms with Crippen molar-refractivity contribution in [3.63, 3.8) is 0 Å². The molecule has 1 heterocycles. The highest BCUT2D eigenvalue weighted by atomic mass is 16.5. The molecule has 3 rings (SSSR count). The number of fused-ring (bicyclic) bond motifs is 1. The Labute approximate surface area is 116 Å². The summed E-state index contributed by atoms with van der Waals surface area (Å²) in [6.45, 7) is 0.450. The lowest BCUT2D eigenvalue weighted by atomic mass is 10.1. The molecule has 0 unspecified atom stereocenters. The molecule has 0 aliphatic carbocycles. The van der Waals surface area contributed by atoms with E-state index < -0.39 is 0 Å². The third-order valence-corrected chi connectivity index (χ3v) is 3.13. The molecule has 20 heavy (non-hydrogen) atoms. The van der Waals surface area contributed by atoms with Gasteiger partial charge in [-0.25, -0.2) is 0 Å². The van der Waals surface area contributed by atoms with Crippen LogP contribution in [-0.4, -0.2) is 11.3 Å². The zero-order valence-electron chi connectivity index (χ0n) is 10.8. The van der Waals surface area contributed by atoms with Crippen LogP contribution >= 0.6 is 0 Å². The van der Waals surface area contributed by atoms with E-state index >= 15 is 0 Å². The first-order chi connectivity index (χ1) is 9.86. The van der Waals surface area contributed by atoms with E-state index in [9.17, 15) is 4.79 Å². The van der Waals surface area contributed by atoms with Gasteiger partial charge in [0.25, 0.3) is 0 Å². The Bertz CT molecular complexity index is 747. The van der Waals surface area contributed by atoms with Crippen LogP contribution in [0.3, 0.4) is 0 Å². The maximum absolute atomic E-state index is 10.7. The standard InChI is InChI=1S/C17H13NO2/c19-11-13-4-3-5-15(10-13)20-12-14-8-9-18-17-7-2-1-6-16(14)17/h1-11H,12H2. The first-order valence-electron chi connectivity index (χ1n) is 6.37. The maximum Gasteiger partial charge on any atom is 0.150 e. The van der Waals surface area contributed by atoms with E-state index in [1.54, 1.807) is 18.3 Å². The molecule has 3 aromatic rings. The van der Waals surface area contributed by atoms with Crippen LogP contribution in [-0.2, 0) is 6.61 Å². The predicted octanol–water partition coefficient (Wildman–Crippen LogP) is 3.63. The van der Waals surface area contributed by atoms with Crippen LogP contribution in [0.1, 0.15) is 15.9 Å². The van der Waals surface area contributed by atoms with Crippen molar-refractivity contribution < 1.29 is 9.53 Å². The van der Waals surface area contributed by atoms with E-state index in [-0.39, 0.29) is 0 Å². The van der Waals surface area contributed by atoms with Gasteiger partial charge in [0.1, 0.15) is 18.6 Å². The van der Waals surface area contributed by atoms with Gasteiger partial charge in [-0.3, -0.25) is 9.78 Å². The average molecular weight is 263 g/mol. The number of aromatic nitrogens is 1. The van der Waals surface area contributed by atoms with Crippen molar-refractivity contribution in [1.29, 1.82) is 0 Å². The summed E-state index contributed by atoms with van der Waals surface area (Å²) in [5, 5.41) is 1.08. The SMILES string of the molecule is O=Cc1cccc(OCc2ccnc3ccccc23)c1. The molecule has 98 valence electrons. The highest BCUT2D eigenvalue weighted by Crippen LogP contribution is 2.19. The summed E-state index contributed by atoms with van der Waals surface area (Å²) in [5.74, 6) is 0.690. The molecule has 0 fully saturated rings. The van der Waals surface area contributed by atoms with Crippen molar-refractivity contribution in [2.45, 2.75) is 6.61 Å². The van der Waals surface area contributed by atoms with Crippen LogP contribution in [0.4, 0.5) is 0 Å². The third kappa shape index (κ3) is 2.52. The van der Waals surface area contributed by atoms with E-state index in [1.807, 2.05) is 42.5 Å². The minimum atomic E-state index is 0.450. The topological polar surface area (TPSA) is 39.2 Å². The molecule has 2 aromatic carbocycles. The molecular formula is C17H13NO2. The number of para-hydroxylation sites is 1. The van der Waals surface area contributed by atoms with Crippen molar-refractivity contribution in [3.05, 3.63) is 71.9 Å². The van der Waals surface area contributed by atoms with Gasteiger partial charge >= 0.3 is 0 Å². The predicted molar refractivity (Wildman–Crippen MR) is 77.9 cm³/mol. The molecule has 0 atom stereocenters. The normalized spacial score (nSPS) is 10.4. The number of ether oxygens (including phenoxy) is 1. The quantitative estimate of drug-likeness (QED) is 0.675. The minimum Gasteiger partial charge on any atom is -0.489 e. The second kappa shape index (κ2) is 5.53. The largest absolute Gasteiger partial charge is 0.489 e. The van der Waals surface area contributed by atoms with E-state index in [4.69, 9.17) is 4.74 Å². The second-order valence-corrected chi connectivity index (χ2v) is 4.47. The summed E-state index contributed by atoms with van der Waals surface area (Å²) in [7, 11) is 0. The van der Waals surface area contributed by atoms with Gasteiger partial charge < -0.3 is 4.74 Å². The Morgan fingerprint density at radius 2 is 1.95 bits per heavy atom. The Balaban J connectivity index is 1.84. The first kappa shape index (κ1) is 12.4. The van der Waals surface area contributed by atoms with Gasteiger partial charge in [-0.15, -0.1) is 0 Å². The summed E-state index contributed by atoms with van der Waals surface area (Å²) >= 11 is 0. The van der Waals surface area contributed by atoms with Crippen molar-refractivity contribution >= 4 is 17.2 Å². The van der Waals surface area contributed by atoms with Crippen LogP contribution < -0.4 is 4.74 Å². The Morgan fingerprint density at radius 1 is 1.05 bits per heavy atom. The number of nitrogens with zero attached hydrogens (tertiary/aromatic N) is 1. The molecule has 0 spiro atoms. The molecule has 0 bridgehead atoms. The fraction of sp³-hybridized carbons (Fsp3) is 0.0588. The Kier molecular flexibility index (Phi) is 3.42. The second-order valence-electron chi connectivity index (χ2n) is 4.47.